The molecule has 0 heterocycles. The second-order valence-electron chi connectivity index (χ2n) is 3.27. The van der Waals surface area contributed by atoms with Crippen molar-refractivity contribution in [2.45, 2.75) is 11.8 Å². The number of anilines is 1. The highest BCUT2D eigenvalue weighted by molar-refractivity contribution is 7.92. The van der Waals surface area contributed by atoms with Gasteiger partial charge in [-0.3, -0.25) is 4.72 Å². The summed E-state index contributed by atoms with van der Waals surface area (Å²) in [4.78, 5) is -0.568. The van der Waals surface area contributed by atoms with Gasteiger partial charge < -0.3 is 11.1 Å². The number of nitrogens with two attached hydrogens (primary N) is 1. The van der Waals surface area contributed by atoms with E-state index in [2.05, 4.69) is 5.32 Å². The Hall–Kier alpha value is -1.48. The van der Waals surface area contributed by atoms with Gasteiger partial charge in [-0.05, 0) is 25.2 Å². The highest BCUT2D eigenvalue weighted by Gasteiger charge is 2.21. The third-order valence-electron chi connectivity index (χ3n) is 1.91. The van der Waals surface area contributed by atoms with Crippen LogP contribution in [0.15, 0.2) is 17.0 Å². The van der Waals surface area contributed by atoms with E-state index in [1.54, 1.807) is 6.92 Å². The molecule has 9 heteroatoms. The largest absolute Gasteiger partial charge is 0.398 e. The molecule has 0 unspecified atom stereocenters. The molecule has 5 nitrogen and oxygen atoms in total. The normalized spacial score (nSPS) is 11.1. The van der Waals surface area contributed by atoms with Crippen LogP contribution in [-0.2, 0) is 10.0 Å². The zero-order valence-electron chi connectivity index (χ0n) is 9.33. The number of hydrogen-bond donors (Lipinski definition) is 3. The van der Waals surface area contributed by atoms with Crippen molar-refractivity contribution in [2.75, 3.05) is 12.3 Å². The first kappa shape index (κ1) is 14.6. The lowest BCUT2D eigenvalue weighted by Gasteiger charge is -2.11. The Bertz CT molecular complexity index is 575. The van der Waals surface area contributed by atoms with E-state index in [9.17, 15) is 17.2 Å². The van der Waals surface area contributed by atoms with Crippen molar-refractivity contribution in [2.24, 2.45) is 0 Å². The average Bonchev–Trinajstić information content (AvgIpc) is 2.22. The van der Waals surface area contributed by atoms with Gasteiger partial charge in [0, 0.05) is 12.6 Å². The Kier molecular flexibility index (Phi) is 4.41. The van der Waals surface area contributed by atoms with Crippen molar-refractivity contribution in [1.29, 1.82) is 0 Å². The number of sulfonamides is 1. The van der Waals surface area contributed by atoms with Crippen molar-refractivity contribution in [3.8, 4) is 0 Å². The summed E-state index contributed by atoms with van der Waals surface area (Å²) in [5.74, 6) is -2.53. The lowest BCUT2D eigenvalue weighted by molar-refractivity contribution is 0.505. The molecule has 1 aromatic carbocycles. The highest BCUT2D eigenvalue weighted by atomic mass is 32.2. The standard InChI is InChI=1S/C9H11F2N3O2S2/c1-2-13-9(17)14-18(15,16)8-4-6(11)5(10)3-7(8)12/h3-4H,2,12H2,1H3,(H2,13,14,17). The maximum atomic E-state index is 13.0. The fraction of sp³-hybridized carbons (Fsp3) is 0.222. The molecule has 1 aromatic rings. The van der Waals surface area contributed by atoms with Crippen LogP contribution in [0.4, 0.5) is 14.5 Å². The highest BCUT2D eigenvalue weighted by Crippen LogP contribution is 2.21. The molecule has 0 aliphatic rings. The lowest BCUT2D eigenvalue weighted by atomic mass is 10.3. The summed E-state index contributed by atoms with van der Waals surface area (Å²) in [7, 11) is -4.14. The fourth-order valence-corrected chi connectivity index (χ4v) is 2.68. The zero-order chi connectivity index (χ0) is 13.9. The molecule has 0 fully saturated rings. The van der Waals surface area contributed by atoms with Gasteiger partial charge in [0.15, 0.2) is 16.7 Å². The number of rotatable bonds is 3. The Morgan fingerprint density at radius 2 is 1.94 bits per heavy atom. The molecule has 4 N–H and O–H groups in total. The second kappa shape index (κ2) is 5.44. The molecule has 1 rings (SSSR count). The second-order valence-corrected chi connectivity index (χ2v) is 5.33. The monoisotopic (exact) mass is 295 g/mol. The Balaban J connectivity index is 3.13. The first-order valence-corrected chi connectivity index (χ1v) is 6.72. The minimum atomic E-state index is -4.14. The third kappa shape index (κ3) is 3.26. The number of nitrogens with one attached hydrogen (secondary N) is 2. The van der Waals surface area contributed by atoms with Gasteiger partial charge in [-0.1, -0.05) is 0 Å². The van der Waals surface area contributed by atoms with Gasteiger partial charge in [-0.2, -0.15) is 0 Å². The van der Waals surface area contributed by atoms with Crippen LogP contribution < -0.4 is 15.8 Å². The minimum absolute atomic E-state index is 0.151. The fourth-order valence-electron chi connectivity index (χ4n) is 1.15. The van der Waals surface area contributed by atoms with Gasteiger partial charge in [0.1, 0.15) is 4.90 Å². The van der Waals surface area contributed by atoms with Crippen LogP contribution in [0.1, 0.15) is 6.92 Å². The van der Waals surface area contributed by atoms with Gasteiger partial charge in [0.2, 0.25) is 0 Å². The van der Waals surface area contributed by atoms with E-state index in [-0.39, 0.29) is 5.11 Å². The molecular formula is C9H11F2N3O2S2. The summed E-state index contributed by atoms with van der Waals surface area (Å²) in [6.45, 7) is 2.13. The van der Waals surface area contributed by atoms with Gasteiger partial charge in [0.05, 0.1) is 5.69 Å². The Morgan fingerprint density at radius 1 is 1.39 bits per heavy atom. The van der Waals surface area contributed by atoms with E-state index in [1.165, 1.54) is 0 Å². The first-order chi connectivity index (χ1) is 8.27. The van der Waals surface area contributed by atoms with Crippen molar-refractivity contribution in [1.82, 2.24) is 10.0 Å². The smallest absolute Gasteiger partial charge is 0.265 e. The van der Waals surface area contributed by atoms with E-state index in [0.717, 1.165) is 0 Å². The maximum absolute atomic E-state index is 13.0. The summed E-state index contributed by atoms with van der Waals surface area (Å²) >= 11 is 4.69. The molecular weight excluding hydrogens is 284 g/mol. The molecule has 0 atom stereocenters. The van der Waals surface area contributed by atoms with Gasteiger partial charge in [0.25, 0.3) is 10.0 Å². The average molecular weight is 295 g/mol. The van der Waals surface area contributed by atoms with Crippen LogP contribution in [0, 0.1) is 11.6 Å². The first-order valence-electron chi connectivity index (χ1n) is 4.83. The number of halogens is 2. The van der Waals surface area contributed by atoms with E-state index in [4.69, 9.17) is 18.0 Å². The zero-order valence-corrected chi connectivity index (χ0v) is 11.0. The number of nitrogen functional groups attached to an aromatic ring is 1. The van der Waals surface area contributed by atoms with Gasteiger partial charge in [-0.15, -0.1) is 0 Å². The van der Waals surface area contributed by atoms with Gasteiger partial charge in [-0.25, -0.2) is 17.2 Å². The maximum Gasteiger partial charge on any atom is 0.265 e. The van der Waals surface area contributed by atoms with Crippen LogP contribution in [0.25, 0.3) is 0 Å². The van der Waals surface area contributed by atoms with Crippen molar-refractivity contribution in [3.05, 3.63) is 23.8 Å². The molecule has 0 aliphatic carbocycles. The van der Waals surface area contributed by atoms with Crippen LogP contribution in [0.3, 0.4) is 0 Å². The number of thiocarbonyl (C=S) groups is 1. The van der Waals surface area contributed by atoms with E-state index in [0.29, 0.717) is 18.7 Å². The van der Waals surface area contributed by atoms with Crippen molar-refractivity contribution in [3.63, 3.8) is 0 Å². The predicted molar refractivity (Wildman–Crippen MR) is 67.4 cm³/mol. The molecule has 0 saturated heterocycles. The molecule has 100 valence electrons. The number of benzene rings is 1. The summed E-state index contributed by atoms with van der Waals surface area (Å²) in [6.07, 6.45) is 0. The lowest BCUT2D eigenvalue weighted by Crippen LogP contribution is -2.39. The van der Waals surface area contributed by atoms with Crippen LogP contribution >= 0.6 is 12.2 Å². The molecule has 0 bridgehead atoms. The molecule has 0 spiro atoms. The summed E-state index contributed by atoms with van der Waals surface area (Å²) < 4.78 is 51.4. The minimum Gasteiger partial charge on any atom is -0.398 e. The molecule has 18 heavy (non-hydrogen) atoms. The Labute approximate surface area is 108 Å². The van der Waals surface area contributed by atoms with Crippen LogP contribution in [0.2, 0.25) is 0 Å². The molecule has 0 aromatic heterocycles. The van der Waals surface area contributed by atoms with Crippen LogP contribution in [-0.4, -0.2) is 20.1 Å². The molecule has 0 saturated carbocycles. The number of hydrogen-bond acceptors (Lipinski definition) is 4. The topological polar surface area (TPSA) is 84.2 Å². The summed E-state index contributed by atoms with van der Waals surface area (Å²) in [6, 6.07) is 1.10. The van der Waals surface area contributed by atoms with Crippen molar-refractivity contribution < 1.29 is 17.2 Å². The van der Waals surface area contributed by atoms with Crippen molar-refractivity contribution >= 4 is 33.0 Å². The molecule has 0 radical (unpaired) electrons. The van der Waals surface area contributed by atoms with E-state index < -0.39 is 32.2 Å². The van der Waals surface area contributed by atoms with Crippen LogP contribution in [0.5, 0.6) is 0 Å². The van der Waals surface area contributed by atoms with Gasteiger partial charge >= 0.3 is 0 Å². The molecule has 0 aliphatic heterocycles. The predicted octanol–water partition coefficient (Wildman–Crippen LogP) is 0.720. The molecule has 0 amide bonds. The summed E-state index contributed by atoms with van der Waals surface area (Å²) in [5, 5.41) is 2.40. The van der Waals surface area contributed by atoms with E-state index in [1.807, 2.05) is 4.72 Å². The van der Waals surface area contributed by atoms with E-state index >= 15 is 0 Å². The Morgan fingerprint density at radius 3 is 2.50 bits per heavy atom. The third-order valence-corrected chi connectivity index (χ3v) is 3.69. The SMILES string of the molecule is CCNC(=S)NS(=O)(=O)c1cc(F)c(F)cc1N. The quantitative estimate of drug-likeness (QED) is 0.565. The summed E-state index contributed by atoms with van der Waals surface area (Å²) in [5.41, 5.74) is 4.93.